The molecule has 2 aromatic rings. The molecule has 0 saturated heterocycles. The maximum atomic E-state index is 13.2. The highest BCUT2D eigenvalue weighted by molar-refractivity contribution is 9.10. The summed E-state index contributed by atoms with van der Waals surface area (Å²) in [5.74, 6) is 1.30. The Hall–Kier alpha value is -1.89. The molecule has 1 aromatic carbocycles. The van der Waals surface area contributed by atoms with Crippen LogP contribution in [0.15, 0.2) is 29.0 Å². The molecule has 1 aromatic heterocycles. The Bertz CT molecular complexity index is 609. The van der Waals surface area contributed by atoms with E-state index >= 15 is 0 Å². The van der Waals surface area contributed by atoms with Crippen LogP contribution in [0.1, 0.15) is 6.92 Å². The summed E-state index contributed by atoms with van der Waals surface area (Å²) in [5, 5.41) is 6.20. The van der Waals surface area contributed by atoms with Crippen LogP contribution in [0.2, 0.25) is 0 Å². The molecule has 1 heterocycles. The highest BCUT2D eigenvalue weighted by Crippen LogP contribution is 2.32. The molecule has 7 heteroatoms. The van der Waals surface area contributed by atoms with Crippen molar-refractivity contribution in [3.05, 3.63) is 34.8 Å². The lowest BCUT2D eigenvalue weighted by molar-refractivity contribution is 0.413. The van der Waals surface area contributed by atoms with Crippen LogP contribution in [0, 0.1) is 5.82 Å². The molecule has 20 heavy (non-hydrogen) atoms. The molecular weight excluding hydrogens is 327 g/mol. The zero-order valence-corrected chi connectivity index (χ0v) is 12.7. The molecule has 0 bridgehead atoms. The first-order chi connectivity index (χ1) is 9.65. The first kappa shape index (κ1) is 14.5. The number of ether oxygens (including phenoxy) is 1. The SMILES string of the molecule is CCNc1ncnc(Nc2ccc(F)cc2OC)c1Br. The van der Waals surface area contributed by atoms with Crippen LogP contribution in [0.3, 0.4) is 0 Å². The Labute approximate surface area is 124 Å². The van der Waals surface area contributed by atoms with Gasteiger partial charge in [0.25, 0.3) is 0 Å². The Kier molecular flexibility index (Phi) is 4.73. The van der Waals surface area contributed by atoms with Crippen LogP contribution in [0.4, 0.5) is 21.7 Å². The van der Waals surface area contributed by atoms with Crippen molar-refractivity contribution in [2.75, 3.05) is 24.3 Å². The number of nitrogens with zero attached hydrogens (tertiary/aromatic N) is 2. The van der Waals surface area contributed by atoms with Crippen molar-refractivity contribution in [3.8, 4) is 5.75 Å². The molecular formula is C13H14BrFN4O. The van der Waals surface area contributed by atoms with E-state index in [0.717, 1.165) is 6.54 Å². The number of nitrogens with one attached hydrogen (secondary N) is 2. The van der Waals surface area contributed by atoms with Gasteiger partial charge in [-0.05, 0) is 35.0 Å². The number of hydrogen-bond acceptors (Lipinski definition) is 5. The number of halogens is 2. The summed E-state index contributed by atoms with van der Waals surface area (Å²) in [5.41, 5.74) is 0.621. The van der Waals surface area contributed by atoms with Gasteiger partial charge in [0.2, 0.25) is 0 Å². The van der Waals surface area contributed by atoms with Crippen molar-refractivity contribution in [2.24, 2.45) is 0 Å². The largest absolute Gasteiger partial charge is 0.494 e. The molecule has 106 valence electrons. The maximum Gasteiger partial charge on any atom is 0.150 e. The van der Waals surface area contributed by atoms with E-state index in [-0.39, 0.29) is 5.82 Å². The van der Waals surface area contributed by atoms with E-state index in [1.807, 2.05) is 6.92 Å². The zero-order chi connectivity index (χ0) is 14.5. The monoisotopic (exact) mass is 340 g/mol. The van der Waals surface area contributed by atoms with Crippen LogP contribution >= 0.6 is 15.9 Å². The molecule has 5 nitrogen and oxygen atoms in total. The fourth-order valence-corrected chi connectivity index (χ4v) is 2.09. The van der Waals surface area contributed by atoms with E-state index < -0.39 is 0 Å². The Balaban J connectivity index is 2.33. The summed E-state index contributed by atoms with van der Waals surface area (Å²) >= 11 is 3.44. The summed E-state index contributed by atoms with van der Waals surface area (Å²) in [6.07, 6.45) is 1.45. The van der Waals surface area contributed by atoms with Crippen LogP contribution in [-0.4, -0.2) is 23.6 Å². The molecule has 0 aliphatic rings. The molecule has 0 amide bonds. The fourth-order valence-electron chi connectivity index (χ4n) is 1.64. The highest BCUT2D eigenvalue weighted by Gasteiger charge is 2.11. The van der Waals surface area contributed by atoms with E-state index in [1.54, 1.807) is 6.07 Å². The second-order valence-electron chi connectivity index (χ2n) is 3.88. The van der Waals surface area contributed by atoms with Crippen molar-refractivity contribution in [1.29, 1.82) is 0 Å². The third-order valence-corrected chi connectivity index (χ3v) is 3.30. The summed E-state index contributed by atoms with van der Waals surface area (Å²) in [4.78, 5) is 8.28. The highest BCUT2D eigenvalue weighted by atomic mass is 79.9. The second-order valence-corrected chi connectivity index (χ2v) is 4.68. The minimum absolute atomic E-state index is 0.359. The standard InChI is InChI=1S/C13H14BrFN4O/c1-3-16-12-11(14)13(18-7-17-12)19-9-5-4-8(15)6-10(9)20-2/h4-7H,3H2,1-2H3,(H2,16,17,18,19). The normalized spacial score (nSPS) is 10.2. The number of hydrogen-bond donors (Lipinski definition) is 2. The molecule has 0 aliphatic heterocycles. The van der Waals surface area contributed by atoms with E-state index in [9.17, 15) is 4.39 Å². The number of methoxy groups -OCH3 is 1. The van der Waals surface area contributed by atoms with Gasteiger partial charge >= 0.3 is 0 Å². The van der Waals surface area contributed by atoms with Crippen molar-refractivity contribution in [2.45, 2.75) is 6.92 Å². The quantitative estimate of drug-likeness (QED) is 0.871. The van der Waals surface area contributed by atoms with Crippen LogP contribution < -0.4 is 15.4 Å². The summed E-state index contributed by atoms with van der Waals surface area (Å²) in [6.45, 7) is 2.72. The van der Waals surface area contributed by atoms with Gasteiger partial charge in [-0.3, -0.25) is 0 Å². The topological polar surface area (TPSA) is 59.1 Å². The number of anilines is 3. The second kappa shape index (κ2) is 6.51. The average molecular weight is 341 g/mol. The fraction of sp³-hybridized carbons (Fsp3) is 0.231. The van der Waals surface area contributed by atoms with Gasteiger partial charge in [0.1, 0.15) is 34.0 Å². The van der Waals surface area contributed by atoms with Gasteiger partial charge in [-0.1, -0.05) is 0 Å². The molecule has 0 spiro atoms. The Morgan fingerprint density at radius 3 is 2.75 bits per heavy atom. The minimum atomic E-state index is -0.359. The van der Waals surface area contributed by atoms with Crippen molar-refractivity contribution >= 4 is 33.3 Å². The minimum Gasteiger partial charge on any atom is -0.494 e. The van der Waals surface area contributed by atoms with Gasteiger partial charge in [-0.25, -0.2) is 14.4 Å². The predicted octanol–water partition coefficient (Wildman–Crippen LogP) is 3.56. The van der Waals surface area contributed by atoms with Crippen molar-refractivity contribution in [3.63, 3.8) is 0 Å². The lowest BCUT2D eigenvalue weighted by atomic mass is 10.3. The molecule has 2 rings (SSSR count). The van der Waals surface area contributed by atoms with E-state index in [2.05, 4.69) is 36.5 Å². The van der Waals surface area contributed by atoms with E-state index in [1.165, 1.54) is 25.6 Å². The Morgan fingerprint density at radius 1 is 1.30 bits per heavy atom. The van der Waals surface area contributed by atoms with Crippen molar-refractivity contribution < 1.29 is 9.13 Å². The van der Waals surface area contributed by atoms with Crippen LogP contribution in [0.5, 0.6) is 5.75 Å². The third kappa shape index (κ3) is 3.16. The number of benzene rings is 1. The summed E-state index contributed by atoms with van der Waals surface area (Å²) in [7, 11) is 1.49. The third-order valence-electron chi connectivity index (χ3n) is 2.55. The predicted molar refractivity (Wildman–Crippen MR) is 80.1 cm³/mol. The van der Waals surface area contributed by atoms with Crippen LogP contribution in [0.25, 0.3) is 0 Å². The number of rotatable bonds is 5. The molecule has 0 atom stereocenters. The van der Waals surface area contributed by atoms with Gasteiger partial charge < -0.3 is 15.4 Å². The van der Waals surface area contributed by atoms with E-state index in [4.69, 9.17) is 4.74 Å². The van der Waals surface area contributed by atoms with Gasteiger partial charge in [-0.2, -0.15) is 0 Å². The van der Waals surface area contributed by atoms with Crippen molar-refractivity contribution in [1.82, 2.24) is 9.97 Å². The van der Waals surface area contributed by atoms with Gasteiger partial charge in [0.05, 0.1) is 12.8 Å². The molecule has 0 radical (unpaired) electrons. The first-order valence-electron chi connectivity index (χ1n) is 6.00. The van der Waals surface area contributed by atoms with Crippen LogP contribution in [-0.2, 0) is 0 Å². The maximum absolute atomic E-state index is 13.2. The van der Waals surface area contributed by atoms with Gasteiger partial charge in [-0.15, -0.1) is 0 Å². The average Bonchev–Trinajstić information content (AvgIpc) is 2.45. The molecule has 0 fully saturated rings. The molecule has 0 aliphatic carbocycles. The zero-order valence-electron chi connectivity index (χ0n) is 11.1. The molecule has 2 N–H and O–H groups in total. The number of aromatic nitrogens is 2. The summed E-state index contributed by atoms with van der Waals surface area (Å²) < 4.78 is 19.0. The molecule has 0 saturated carbocycles. The lowest BCUT2D eigenvalue weighted by Crippen LogP contribution is -2.04. The Morgan fingerprint density at radius 2 is 2.05 bits per heavy atom. The summed E-state index contributed by atoms with van der Waals surface area (Å²) in [6, 6.07) is 4.25. The van der Waals surface area contributed by atoms with E-state index in [0.29, 0.717) is 27.5 Å². The van der Waals surface area contributed by atoms with Gasteiger partial charge in [0.15, 0.2) is 0 Å². The molecule has 0 unspecified atom stereocenters. The lowest BCUT2D eigenvalue weighted by Gasteiger charge is -2.13. The van der Waals surface area contributed by atoms with Gasteiger partial charge in [0, 0.05) is 12.6 Å². The smallest absolute Gasteiger partial charge is 0.150 e. The first-order valence-corrected chi connectivity index (χ1v) is 6.80.